The highest BCUT2D eigenvalue weighted by molar-refractivity contribution is 7.13. The summed E-state index contributed by atoms with van der Waals surface area (Å²) in [5.41, 5.74) is 2.54. The van der Waals surface area contributed by atoms with Gasteiger partial charge >= 0.3 is 0 Å². The predicted octanol–water partition coefficient (Wildman–Crippen LogP) is 1.13. The highest BCUT2D eigenvalue weighted by Crippen LogP contribution is 2.13. The van der Waals surface area contributed by atoms with Crippen LogP contribution in [0.25, 0.3) is 0 Å². The maximum absolute atomic E-state index is 12.0. The summed E-state index contributed by atoms with van der Waals surface area (Å²) >= 11 is 1.24. The molecule has 90 valence electrons. The van der Waals surface area contributed by atoms with Gasteiger partial charge in [-0.05, 0) is 12.1 Å². The molecular formula is C12H9N3O2S. The van der Waals surface area contributed by atoms with Gasteiger partial charge in [0.05, 0.1) is 5.56 Å². The Kier molecular flexibility index (Phi) is 4.02. The summed E-state index contributed by atoms with van der Waals surface area (Å²) in [5.74, 6) is 4.95. The third-order valence-electron chi connectivity index (χ3n) is 2.05. The number of carbonyl (C=O) groups is 1. The molecule has 2 rings (SSSR count). The smallest absolute Gasteiger partial charge is 0.258 e. The van der Waals surface area contributed by atoms with Gasteiger partial charge in [0.2, 0.25) is 5.13 Å². The molecule has 0 saturated heterocycles. The van der Waals surface area contributed by atoms with Gasteiger partial charge in [-0.15, -0.1) is 10.2 Å². The third-order valence-corrected chi connectivity index (χ3v) is 2.66. The van der Waals surface area contributed by atoms with Crippen LogP contribution in [0.15, 0.2) is 29.8 Å². The standard InChI is InChI=1S/C12H9N3O2S/c16-7-3-5-9-4-1-2-6-10(9)11(17)14-12-15-13-8-18-12/h1-2,4,6,8,16H,7H2,(H,14,15,17). The normalized spacial score (nSPS) is 9.39. The van der Waals surface area contributed by atoms with Gasteiger partial charge in [0.1, 0.15) is 12.1 Å². The molecule has 0 saturated carbocycles. The molecule has 0 spiro atoms. The molecule has 2 aromatic rings. The average Bonchev–Trinajstić information content (AvgIpc) is 2.89. The Morgan fingerprint density at radius 1 is 1.44 bits per heavy atom. The first-order chi connectivity index (χ1) is 8.81. The molecule has 18 heavy (non-hydrogen) atoms. The van der Waals surface area contributed by atoms with Crippen molar-refractivity contribution in [1.29, 1.82) is 0 Å². The minimum Gasteiger partial charge on any atom is -0.384 e. The lowest BCUT2D eigenvalue weighted by Gasteiger charge is -2.03. The van der Waals surface area contributed by atoms with E-state index in [-0.39, 0.29) is 12.5 Å². The molecule has 1 heterocycles. The molecule has 2 N–H and O–H groups in total. The molecule has 0 unspecified atom stereocenters. The third kappa shape index (κ3) is 2.91. The fraction of sp³-hybridized carbons (Fsp3) is 0.0833. The lowest BCUT2D eigenvalue weighted by Crippen LogP contribution is -2.13. The minimum absolute atomic E-state index is 0.244. The van der Waals surface area contributed by atoms with Crippen molar-refractivity contribution in [2.75, 3.05) is 11.9 Å². The summed E-state index contributed by atoms with van der Waals surface area (Å²) in [6.07, 6.45) is 0. The molecule has 1 amide bonds. The van der Waals surface area contributed by atoms with Crippen LogP contribution >= 0.6 is 11.3 Å². The predicted molar refractivity (Wildman–Crippen MR) is 68.3 cm³/mol. The maximum Gasteiger partial charge on any atom is 0.258 e. The first kappa shape index (κ1) is 12.2. The quantitative estimate of drug-likeness (QED) is 0.793. The number of anilines is 1. The van der Waals surface area contributed by atoms with Gasteiger partial charge in [-0.2, -0.15) is 0 Å². The number of aliphatic hydroxyl groups excluding tert-OH is 1. The lowest BCUT2D eigenvalue weighted by molar-refractivity contribution is 0.102. The Morgan fingerprint density at radius 3 is 3.00 bits per heavy atom. The van der Waals surface area contributed by atoms with Gasteiger partial charge in [-0.25, -0.2) is 0 Å². The zero-order valence-corrected chi connectivity index (χ0v) is 10.1. The van der Waals surface area contributed by atoms with E-state index in [1.165, 1.54) is 16.8 Å². The van der Waals surface area contributed by atoms with Crippen molar-refractivity contribution in [3.63, 3.8) is 0 Å². The topological polar surface area (TPSA) is 75.1 Å². The van der Waals surface area contributed by atoms with E-state index in [1.54, 1.807) is 24.3 Å². The van der Waals surface area contributed by atoms with E-state index < -0.39 is 0 Å². The van der Waals surface area contributed by atoms with Crippen LogP contribution in [-0.2, 0) is 0 Å². The highest BCUT2D eigenvalue weighted by atomic mass is 32.1. The van der Waals surface area contributed by atoms with Crippen molar-refractivity contribution >= 4 is 22.4 Å². The van der Waals surface area contributed by atoms with Crippen molar-refractivity contribution in [1.82, 2.24) is 10.2 Å². The summed E-state index contributed by atoms with van der Waals surface area (Å²) in [6, 6.07) is 6.91. The van der Waals surface area contributed by atoms with Crippen molar-refractivity contribution in [2.45, 2.75) is 0 Å². The van der Waals surface area contributed by atoms with E-state index in [0.717, 1.165) is 0 Å². The Hall–Kier alpha value is -2.23. The number of carbonyl (C=O) groups excluding carboxylic acids is 1. The van der Waals surface area contributed by atoms with Crippen LogP contribution in [-0.4, -0.2) is 27.8 Å². The minimum atomic E-state index is -0.297. The number of aliphatic hydroxyl groups is 1. The Labute approximate surface area is 108 Å². The number of hydrogen-bond acceptors (Lipinski definition) is 5. The molecule has 6 heteroatoms. The van der Waals surface area contributed by atoms with Gasteiger partial charge in [-0.3, -0.25) is 10.1 Å². The van der Waals surface area contributed by atoms with E-state index in [2.05, 4.69) is 27.4 Å². The Balaban J connectivity index is 2.24. The molecule has 0 atom stereocenters. The zero-order valence-electron chi connectivity index (χ0n) is 9.25. The summed E-state index contributed by atoms with van der Waals surface area (Å²) in [7, 11) is 0. The van der Waals surface area contributed by atoms with Crippen LogP contribution < -0.4 is 5.32 Å². The van der Waals surface area contributed by atoms with E-state index in [1.807, 2.05) is 0 Å². The molecule has 1 aromatic carbocycles. The maximum atomic E-state index is 12.0. The SMILES string of the molecule is O=C(Nc1nncs1)c1ccccc1C#CCO. The zero-order chi connectivity index (χ0) is 12.8. The van der Waals surface area contributed by atoms with Crippen LogP contribution in [0.4, 0.5) is 5.13 Å². The van der Waals surface area contributed by atoms with E-state index in [9.17, 15) is 4.79 Å². The van der Waals surface area contributed by atoms with Gasteiger partial charge in [-0.1, -0.05) is 35.3 Å². The van der Waals surface area contributed by atoms with Crippen LogP contribution in [0.3, 0.4) is 0 Å². The first-order valence-electron chi connectivity index (χ1n) is 5.07. The van der Waals surface area contributed by atoms with Crippen LogP contribution in [0.2, 0.25) is 0 Å². The van der Waals surface area contributed by atoms with Gasteiger partial charge < -0.3 is 5.11 Å². The van der Waals surface area contributed by atoms with Crippen molar-refractivity contribution < 1.29 is 9.90 Å². The number of benzene rings is 1. The van der Waals surface area contributed by atoms with Crippen LogP contribution in [0, 0.1) is 11.8 Å². The van der Waals surface area contributed by atoms with E-state index >= 15 is 0 Å². The molecule has 0 bridgehead atoms. The second kappa shape index (κ2) is 5.91. The lowest BCUT2D eigenvalue weighted by atomic mass is 10.1. The largest absolute Gasteiger partial charge is 0.384 e. The van der Waals surface area contributed by atoms with E-state index in [0.29, 0.717) is 16.3 Å². The molecule has 0 aliphatic heterocycles. The van der Waals surface area contributed by atoms with Crippen molar-refractivity contribution in [3.05, 3.63) is 40.9 Å². The first-order valence-corrected chi connectivity index (χ1v) is 5.95. The number of nitrogens with one attached hydrogen (secondary N) is 1. The second-order valence-electron chi connectivity index (χ2n) is 3.20. The molecule has 5 nitrogen and oxygen atoms in total. The van der Waals surface area contributed by atoms with Gasteiger partial charge in [0.15, 0.2) is 0 Å². The van der Waals surface area contributed by atoms with Crippen molar-refractivity contribution in [3.8, 4) is 11.8 Å². The van der Waals surface area contributed by atoms with E-state index in [4.69, 9.17) is 5.11 Å². The monoisotopic (exact) mass is 259 g/mol. The average molecular weight is 259 g/mol. The molecule has 0 aliphatic rings. The van der Waals surface area contributed by atoms with Gasteiger partial charge in [0.25, 0.3) is 5.91 Å². The fourth-order valence-corrected chi connectivity index (χ4v) is 1.76. The summed E-state index contributed by atoms with van der Waals surface area (Å²) in [6.45, 7) is -0.244. The number of rotatable bonds is 2. The number of nitrogens with zero attached hydrogens (tertiary/aromatic N) is 2. The fourth-order valence-electron chi connectivity index (χ4n) is 1.32. The second-order valence-corrected chi connectivity index (χ2v) is 4.04. The van der Waals surface area contributed by atoms with Crippen LogP contribution in [0.5, 0.6) is 0 Å². The molecule has 0 radical (unpaired) electrons. The molecular weight excluding hydrogens is 250 g/mol. The number of aromatic nitrogens is 2. The Bertz CT molecular complexity index is 599. The van der Waals surface area contributed by atoms with Crippen LogP contribution in [0.1, 0.15) is 15.9 Å². The number of amides is 1. The molecule has 1 aromatic heterocycles. The summed E-state index contributed by atoms with van der Waals surface area (Å²) in [5, 5.41) is 19.1. The summed E-state index contributed by atoms with van der Waals surface area (Å²) < 4.78 is 0. The Morgan fingerprint density at radius 2 is 2.28 bits per heavy atom. The molecule has 0 fully saturated rings. The summed E-state index contributed by atoms with van der Waals surface area (Å²) in [4.78, 5) is 12.0. The highest BCUT2D eigenvalue weighted by Gasteiger charge is 2.11. The van der Waals surface area contributed by atoms with Gasteiger partial charge in [0, 0.05) is 5.56 Å². The molecule has 0 aliphatic carbocycles. The number of hydrogen-bond donors (Lipinski definition) is 2. The van der Waals surface area contributed by atoms with Crippen molar-refractivity contribution in [2.24, 2.45) is 0 Å².